The summed E-state index contributed by atoms with van der Waals surface area (Å²) in [5.41, 5.74) is 0.617. The molecule has 0 saturated carbocycles. The van der Waals surface area contributed by atoms with Crippen LogP contribution in [-0.2, 0) is 9.47 Å². The van der Waals surface area contributed by atoms with E-state index in [-0.39, 0.29) is 12.1 Å². The molecule has 0 aliphatic heterocycles. The van der Waals surface area contributed by atoms with Gasteiger partial charge in [0.25, 0.3) is 0 Å². The third-order valence-electron chi connectivity index (χ3n) is 1.73. The number of benzene rings is 1. The predicted molar refractivity (Wildman–Crippen MR) is 58.7 cm³/mol. The molecule has 0 aliphatic rings. The molecule has 0 bridgehead atoms. The molecule has 0 spiro atoms. The lowest BCUT2D eigenvalue weighted by molar-refractivity contribution is 0.0560. The molecule has 1 aromatic rings. The van der Waals surface area contributed by atoms with Gasteiger partial charge in [-0.05, 0) is 24.3 Å². The summed E-state index contributed by atoms with van der Waals surface area (Å²) in [6.45, 7) is 0. The van der Waals surface area contributed by atoms with E-state index in [9.17, 15) is 9.59 Å². The normalized spacial score (nSPS) is 9.62. The third kappa shape index (κ3) is 3.40. The van der Waals surface area contributed by atoms with Crippen LogP contribution in [-0.4, -0.2) is 24.1 Å². The van der Waals surface area contributed by atoms with E-state index in [2.05, 4.69) is 9.47 Å². The summed E-state index contributed by atoms with van der Waals surface area (Å²) in [6.07, 6.45) is 0. The number of carbonyl (C=O) groups is 2. The molecule has 0 aliphatic carbocycles. The zero-order valence-electron chi connectivity index (χ0n) is 8.11. The van der Waals surface area contributed by atoms with Crippen LogP contribution >= 0.6 is 23.2 Å². The first kappa shape index (κ1) is 12.8. The van der Waals surface area contributed by atoms with Crippen LogP contribution in [0.5, 0.6) is 0 Å². The van der Waals surface area contributed by atoms with Gasteiger partial charge in [0.2, 0.25) is 0 Å². The Morgan fingerprint density at radius 2 is 1.19 bits per heavy atom. The molecule has 0 unspecified atom stereocenters. The molecule has 1 aromatic carbocycles. The van der Waals surface area contributed by atoms with E-state index < -0.39 is 11.9 Å². The summed E-state index contributed by atoms with van der Waals surface area (Å²) in [7, 11) is 0. The van der Waals surface area contributed by atoms with E-state index >= 15 is 0 Å². The fraction of sp³-hybridized carbons (Fsp3) is 0.200. The second kappa shape index (κ2) is 6.35. The van der Waals surface area contributed by atoms with Crippen molar-refractivity contribution in [3.8, 4) is 0 Å². The Kier molecular flexibility index (Phi) is 5.08. The van der Waals surface area contributed by atoms with E-state index in [0.29, 0.717) is 11.1 Å². The molecule has 0 radical (unpaired) electrons. The Balaban J connectivity index is 2.75. The van der Waals surface area contributed by atoms with Crippen molar-refractivity contribution < 1.29 is 19.1 Å². The van der Waals surface area contributed by atoms with E-state index in [0.717, 1.165) is 0 Å². The molecule has 0 heterocycles. The first-order valence-corrected chi connectivity index (χ1v) is 5.32. The van der Waals surface area contributed by atoms with Gasteiger partial charge in [-0.25, -0.2) is 9.59 Å². The molecule has 86 valence electrons. The van der Waals surface area contributed by atoms with Crippen LogP contribution in [0.1, 0.15) is 20.7 Å². The average molecular weight is 263 g/mol. The lowest BCUT2D eigenvalue weighted by Gasteiger charge is -2.02. The summed E-state index contributed by atoms with van der Waals surface area (Å²) < 4.78 is 9.13. The Labute approximate surface area is 102 Å². The van der Waals surface area contributed by atoms with Gasteiger partial charge in [-0.1, -0.05) is 23.2 Å². The number of esters is 2. The Bertz CT molecular complexity index is 338. The molecule has 0 aromatic heterocycles. The van der Waals surface area contributed by atoms with Gasteiger partial charge >= 0.3 is 11.9 Å². The number of hydrogen-bond acceptors (Lipinski definition) is 4. The fourth-order valence-corrected chi connectivity index (χ4v) is 1.21. The highest BCUT2D eigenvalue weighted by atomic mass is 35.5. The maximum atomic E-state index is 11.2. The van der Waals surface area contributed by atoms with Crippen molar-refractivity contribution in [3.63, 3.8) is 0 Å². The van der Waals surface area contributed by atoms with E-state index in [1.54, 1.807) is 0 Å². The first-order chi connectivity index (χ1) is 7.69. The SMILES string of the molecule is O=C(OCCl)c1ccc(C(=O)OCCl)cc1. The number of ether oxygens (including phenoxy) is 2. The second-order valence-electron chi connectivity index (χ2n) is 2.66. The summed E-state index contributed by atoms with van der Waals surface area (Å²) in [4.78, 5) is 22.4. The van der Waals surface area contributed by atoms with Crippen molar-refractivity contribution in [2.45, 2.75) is 0 Å². The minimum atomic E-state index is -0.549. The van der Waals surface area contributed by atoms with Gasteiger partial charge in [0.1, 0.15) is 0 Å². The minimum Gasteiger partial charge on any atom is -0.446 e. The fourth-order valence-electron chi connectivity index (χ4n) is 1.01. The molecule has 0 fully saturated rings. The molecule has 0 saturated heterocycles. The van der Waals surface area contributed by atoms with Gasteiger partial charge in [-0.15, -0.1) is 0 Å². The van der Waals surface area contributed by atoms with Gasteiger partial charge < -0.3 is 9.47 Å². The van der Waals surface area contributed by atoms with Crippen LogP contribution in [0, 0.1) is 0 Å². The molecular weight excluding hydrogens is 255 g/mol. The Hall–Kier alpha value is -1.26. The quantitative estimate of drug-likeness (QED) is 0.618. The first-order valence-electron chi connectivity index (χ1n) is 4.25. The molecule has 16 heavy (non-hydrogen) atoms. The highest BCUT2D eigenvalue weighted by Gasteiger charge is 2.09. The van der Waals surface area contributed by atoms with Crippen LogP contribution < -0.4 is 0 Å². The molecule has 4 nitrogen and oxygen atoms in total. The standard InChI is InChI=1S/C10H8Cl2O4/c11-5-15-9(13)7-1-2-8(4-3-7)10(14)16-6-12/h1-4H,5-6H2. The van der Waals surface area contributed by atoms with E-state index in [1.165, 1.54) is 24.3 Å². The predicted octanol–water partition coefficient (Wildman–Crippen LogP) is 2.39. The highest BCUT2D eigenvalue weighted by Crippen LogP contribution is 2.08. The van der Waals surface area contributed by atoms with Gasteiger partial charge in [-0.3, -0.25) is 0 Å². The average Bonchev–Trinajstić information content (AvgIpc) is 2.30. The van der Waals surface area contributed by atoms with Crippen molar-refractivity contribution >= 4 is 35.1 Å². The van der Waals surface area contributed by atoms with Crippen molar-refractivity contribution in [1.82, 2.24) is 0 Å². The molecule has 6 heteroatoms. The van der Waals surface area contributed by atoms with Crippen molar-refractivity contribution in [1.29, 1.82) is 0 Å². The Morgan fingerprint density at radius 3 is 1.44 bits per heavy atom. The second-order valence-corrected chi connectivity index (χ2v) is 3.10. The van der Waals surface area contributed by atoms with Gasteiger partial charge in [0.15, 0.2) is 12.1 Å². The van der Waals surface area contributed by atoms with Crippen LogP contribution in [0.25, 0.3) is 0 Å². The largest absolute Gasteiger partial charge is 0.446 e. The van der Waals surface area contributed by atoms with Crippen molar-refractivity contribution in [3.05, 3.63) is 35.4 Å². The number of hydrogen-bond donors (Lipinski definition) is 0. The molecule has 0 N–H and O–H groups in total. The maximum Gasteiger partial charge on any atom is 0.339 e. The Morgan fingerprint density at radius 1 is 0.875 bits per heavy atom. The molecule has 0 amide bonds. The number of carbonyl (C=O) groups excluding carboxylic acids is 2. The van der Waals surface area contributed by atoms with Crippen LogP contribution in [0.3, 0.4) is 0 Å². The van der Waals surface area contributed by atoms with Gasteiger partial charge in [0.05, 0.1) is 11.1 Å². The van der Waals surface area contributed by atoms with Crippen LogP contribution in [0.15, 0.2) is 24.3 Å². The topological polar surface area (TPSA) is 52.6 Å². The number of halogens is 2. The molecular formula is C10H8Cl2O4. The smallest absolute Gasteiger partial charge is 0.339 e. The van der Waals surface area contributed by atoms with Crippen molar-refractivity contribution in [2.75, 3.05) is 12.1 Å². The van der Waals surface area contributed by atoms with Crippen LogP contribution in [0.2, 0.25) is 0 Å². The summed E-state index contributed by atoms with van der Waals surface area (Å²) >= 11 is 10.5. The lowest BCUT2D eigenvalue weighted by Crippen LogP contribution is -2.06. The zero-order chi connectivity index (χ0) is 12.0. The van der Waals surface area contributed by atoms with Gasteiger partial charge in [0, 0.05) is 0 Å². The molecule has 1 rings (SSSR count). The summed E-state index contributed by atoms with van der Waals surface area (Å²) in [6, 6.07) is 5.35. The lowest BCUT2D eigenvalue weighted by atomic mass is 10.1. The van der Waals surface area contributed by atoms with Crippen LogP contribution in [0.4, 0.5) is 0 Å². The highest BCUT2D eigenvalue weighted by molar-refractivity contribution is 6.18. The maximum absolute atomic E-state index is 11.2. The minimum absolute atomic E-state index is 0.213. The monoisotopic (exact) mass is 262 g/mol. The van der Waals surface area contributed by atoms with Gasteiger partial charge in [-0.2, -0.15) is 0 Å². The van der Waals surface area contributed by atoms with E-state index in [1.807, 2.05) is 0 Å². The third-order valence-corrected chi connectivity index (χ3v) is 1.95. The summed E-state index contributed by atoms with van der Waals surface area (Å²) in [5, 5.41) is 0. The number of alkyl halides is 2. The van der Waals surface area contributed by atoms with Crippen molar-refractivity contribution in [2.24, 2.45) is 0 Å². The van der Waals surface area contributed by atoms with E-state index in [4.69, 9.17) is 23.2 Å². The molecule has 0 atom stereocenters. The zero-order valence-corrected chi connectivity index (χ0v) is 9.62. The number of rotatable bonds is 4. The summed E-state index contributed by atoms with van der Waals surface area (Å²) in [5.74, 6) is -1.10.